The molecule has 0 radical (unpaired) electrons. The number of carbonyl (C=O) groups excluding carboxylic acids is 1. The topological polar surface area (TPSA) is 103 Å². The van der Waals surface area contributed by atoms with Crippen LogP contribution in [0.5, 0.6) is 0 Å². The third-order valence-electron chi connectivity index (χ3n) is 4.23. The Labute approximate surface area is 177 Å². The number of aryl methyl sites for hydroxylation is 2. The summed E-state index contributed by atoms with van der Waals surface area (Å²) < 4.78 is 0.930. The fraction of sp³-hybridized carbons (Fsp3) is 0.200. The minimum Gasteiger partial charge on any atom is -0.334 e. The van der Waals surface area contributed by atoms with Gasteiger partial charge in [-0.15, -0.1) is 10.2 Å². The van der Waals surface area contributed by atoms with Gasteiger partial charge in [0.2, 0.25) is 11.1 Å². The highest BCUT2D eigenvalue weighted by Gasteiger charge is 2.13. The lowest BCUT2D eigenvalue weighted by molar-refractivity contribution is -0.113. The van der Waals surface area contributed by atoms with E-state index in [1.165, 1.54) is 0 Å². The fourth-order valence-electron chi connectivity index (χ4n) is 2.57. The average Bonchev–Trinajstić information content (AvgIpc) is 2.69. The number of rotatable bonds is 6. The fourth-order valence-corrected chi connectivity index (χ4v) is 3.40. The van der Waals surface area contributed by atoms with E-state index in [2.05, 4.69) is 15.5 Å². The molecule has 1 amide bonds. The first-order valence-electron chi connectivity index (χ1n) is 8.81. The number of benzene rings is 2. The average molecular weight is 430 g/mol. The third kappa shape index (κ3) is 5.36. The van der Waals surface area contributed by atoms with Crippen LogP contribution in [-0.2, 0) is 11.2 Å². The second-order valence-electron chi connectivity index (χ2n) is 6.56. The first-order chi connectivity index (χ1) is 13.8. The number of halogens is 1. The molecule has 29 heavy (non-hydrogen) atoms. The highest BCUT2D eigenvalue weighted by Crippen LogP contribution is 2.21. The summed E-state index contributed by atoms with van der Waals surface area (Å²) in [5.41, 5.74) is 3.41. The maximum atomic E-state index is 12.5. The Balaban J connectivity index is 1.66. The molecule has 0 atom stereocenters. The van der Waals surface area contributed by atoms with Crippen LogP contribution in [0.3, 0.4) is 0 Å². The van der Waals surface area contributed by atoms with Crippen LogP contribution in [-0.4, -0.2) is 26.5 Å². The smallest absolute Gasteiger partial charge is 0.294 e. The molecule has 3 N–H and O–H groups in total. The van der Waals surface area contributed by atoms with Gasteiger partial charge < -0.3 is 11.2 Å². The number of nitrogens with zero attached hydrogens (tertiary/aromatic N) is 3. The summed E-state index contributed by atoms with van der Waals surface area (Å²) in [7, 11) is 0. The van der Waals surface area contributed by atoms with Gasteiger partial charge in [0.15, 0.2) is 0 Å². The number of aromatic nitrogens is 3. The first kappa shape index (κ1) is 20.9. The van der Waals surface area contributed by atoms with Crippen LogP contribution in [0.1, 0.15) is 22.4 Å². The SMILES string of the molecule is Cc1ccc(Cc2nnc(SCC(=O)Nc3cc(Cl)ccc3C)n(N)c2=O)cc1. The lowest BCUT2D eigenvalue weighted by Crippen LogP contribution is -2.34. The van der Waals surface area contributed by atoms with Crippen molar-refractivity contribution < 1.29 is 4.79 Å². The Morgan fingerprint density at radius 3 is 2.62 bits per heavy atom. The Morgan fingerprint density at radius 2 is 1.90 bits per heavy atom. The van der Waals surface area contributed by atoms with Gasteiger partial charge >= 0.3 is 0 Å². The van der Waals surface area contributed by atoms with Gasteiger partial charge in [0, 0.05) is 17.1 Å². The van der Waals surface area contributed by atoms with Gasteiger partial charge in [-0.25, -0.2) is 0 Å². The second kappa shape index (κ2) is 9.11. The number of thioether (sulfide) groups is 1. The minimum absolute atomic E-state index is 0.0224. The number of anilines is 1. The summed E-state index contributed by atoms with van der Waals surface area (Å²) in [6.07, 6.45) is 0.336. The molecule has 0 aliphatic carbocycles. The largest absolute Gasteiger partial charge is 0.334 e. The van der Waals surface area contributed by atoms with E-state index in [1.807, 2.05) is 44.2 Å². The predicted molar refractivity (Wildman–Crippen MR) is 116 cm³/mol. The highest BCUT2D eigenvalue weighted by molar-refractivity contribution is 7.99. The molecule has 0 unspecified atom stereocenters. The Kier molecular flexibility index (Phi) is 6.56. The maximum absolute atomic E-state index is 12.5. The number of hydrogen-bond donors (Lipinski definition) is 2. The zero-order valence-electron chi connectivity index (χ0n) is 16.0. The van der Waals surface area contributed by atoms with E-state index < -0.39 is 5.56 Å². The molecular formula is C20H20ClN5O2S. The molecule has 7 nitrogen and oxygen atoms in total. The highest BCUT2D eigenvalue weighted by atomic mass is 35.5. The second-order valence-corrected chi connectivity index (χ2v) is 7.94. The van der Waals surface area contributed by atoms with Gasteiger partial charge in [-0.3, -0.25) is 9.59 Å². The Bertz CT molecular complexity index is 1100. The summed E-state index contributed by atoms with van der Waals surface area (Å²) in [6.45, 7) is 3.86. The van der Waals surface area contributed by atoms with Gasteiger partial charge in [-0.1, -0.05) is 59.3 Å². The molecule has 1 aromatic heterocycles. The van der Waals surface area contributed by atoms with Crippen molar-refractivity contribution in [2.75, 3.05) is 16.9 Å². The lowest BCUT2D eigenvalue weighted by atomic mass is 10.1. The van der Waals surface area contributed by atoms with E-state index in [0.717, 1.165) is 33.1 Å². The molecule has 3 rings (SSSR count). The van der Waals surface area contributed by atoms with Crippen LogP contribution in [0.2, 0.25) is 5.02 Å². The summed E-state index contributed by atoms with van der Waals surface area (Å²) in [4.78, 5) is 24.7. The molecule has 0 aliphatic rings. The molecule has 0 aliphatic heterocycles. The van der Waals surface area contributed by atoms with Crippen molar-refractivity contribution in [3.8, 4) is 0 Å². The molecule has 0 fully saturated rings. The molecule has 3 aromatic rings. The molecule has 0 saturated heterocycles. The molecule has 1 heterocycles. The van der Waals surface area contributed by atoms with Crippen molar-refractivity contribution in [3.63, 3.8) is 0 Å². The molecule has 0 spiro atoms. The quantitative estimate of drug-likeness (QED) is 0.461. The van der Waals surface area contributed by atoms with Gasteiger partial charge in [0.1, 0.15) is 5.69 Å². The van der Waals surface area contributed by atoms with Crippen LogP contribution in [0, 0.1) is 13.8 Å². The van der Waals surface area contributed by atoms with Crippen molar-refractivity contribution in [2.45, 2.75) is 25.4 Å². The van der Waals surface area contributed by atoms with Crippen molar-refractivity contribution in [3.05, 3.63) is 80.2 Å². The first-order valence-corrected chi connectivity index (χ1v) is 10.2. The van der Waals surface area contributed by atoms with E-state index in [-0.39, 0.29) is 22.5 Å². The maximum Gasteiger partial charge on any atom is 0.294 e. The number of hydrogen-bond acceptors (Lipinski definition) is 6. The zero-order valence-corrected chi connectivity index (χ0v) is 17.5. The molecular weight excluding hydrogens is 410 g/mol. The summed E-state index contributed by atoms with van der Waals surface area (Å²) in [5, 5.41) is 11.5. The van der Waals surface area contributed by atoms with Crippen LogP contribution < -0.4 is 16.7 Å². The Morgan fingerprint density at radius 1 is 1.17 bits per heavy atom. The molecule has 150 valence electrons. The summed E-state index contributed by atoms with van der Waals surface area (Å²) in [6, 6.07) is 13.0. The zero-order chi connectivity index (χ0) is 21.0. The van der Waals surface area contributed by atoms with Crippen molar-refractivity contribution in [1.82, 2.24) is 14.9 Å². The van der Waals surface area contributed by atoms with E-state index in [4.69, 9.17) is 17.4 Å². The number of nitrogens with two attached hydrogens (primary N) is 1. The van der Waals surface area contributed by atoms with Gasteiger partial charge in [0.05, 0.1) is 5.75 Å². The summed E-state index contributed by atoms with van der Waals surface area (Å²) >= 11 is 7.00. The van der Waals surface area contributed by atoms with Gasteiger partial charge in [-0.2, -0.15) is 4.68 Å². The van der Waals surface area contributed by atoms with Crippen LogP contribution in [0.25, 0.3) is 0 Å². The van der Waals surface area contributed by atoms with Gasteiger partial charge in [0.25, 0.3) is 5.56 Å². The number of nitrogens with one attached hydrogen (secondary N) is 1. The number of amides is 1. The van der Waals surface area contributed by atoms with Crippen LogP contribution >= 0.6 is 23.4 Å². The van der Waals surface area contributed by atoms with Crippen LogP contribution in [0.4, 0.5) is 5.69 Å². The normalized spacial score (nSPS) is 10.7. The van der Waals surface area contributed by atoms with Gasteiger partial charge in [-0.05, 0) is 37.1 Å². The molecule has 9 heteroatoms. The van der Waals surface area contributed by atoms with E-state index in [0.29, 0.717) is 17.1 Å². The standard InChI is InChI=1S/C20H20ClN5O2S/c1-12-3-6-14(7-4-12)9-17-19(28)26(22)20(25-24-17)29-11-18(27)23-16-10-15(21)8-5-13(16)2/h3-8,10H,9,11,22H2,1-2H3,(H,23,27). The lowest BCUT2D eigenvalue weighted by Gasteiger charge is -2.10. The number of carbonyl (C=O) groups is 1. The Hall–Kier alpha value is -2.84. The molecule has 0 saturated carbocycles. The van der Waals surface area contributed by atoms with E-state index in [9.17, 15) is 9.59 Å². The predicted octanol–water partition coefficient (Wildman–Crippen LogP) is 2.94. The number of nitrogen functional groups attached to an aromatic ring is 1. The summed E-state index contributed by atoms with van der Waals surface area (Å²) in [5.74, 6) is 5.63. The van der Waals surface area contributed by atoms with E-state index in [1.54, 1.807) is 12.1 Å². The van der Waals surface area contributed by atoms with Crippen LogP contribution in [0.15, 0.2) is 52.4 Å². The van der Waals surface area contributed by atoms with Crippen molar-refractivity contribution >= 4 is 35.0 Å². The third-order valence-corrected chi connectivity index (χ3v) is 5.40. The minimum atomic E-state index is -0.436. The molecule has 2 aromatic carbocycles. The monoisotopic (exact) mass is 429 g/mol. The molecule has 0 bridgehead atoms. The van der Waals surface area contributed by atoms with Crippen molar-refractivity contribution in [2.24, 2.45) is 0 Å². The van der Waals surface area contributed by atoms with Crippen molar-refractivity contribution in [1.29, 1.82) is 0 Å². The van der Waals surface area contributed by atoms with E-state index >= 15 is 0 Å².